The second-order valence-electron chi connectivity index (χ2n) is 3.10. The fourth-order valence-corrected chi connectivity index (χ4v) is 1.53. The molecule has 1 aromatic heterocycles. The summed E-state index contributed by atoms with van der Waals surface area (Å²) in [5, 5.41) is 14.4. The highest BCUT2D eigenvalue weighted by Gasteiger charge is 2.04. The third-order valence-electron chi connectivity index (χ3n) is 1.95. The minimum atomic E-state index is 0.607. The van der Waals surface area contributed by atoms with E-state index in [2.05, 4.69) is 20.6 Å². The van der Waals surface area contributed by atoms with E-state index in [1.165, 1.54) is 0 Å². The van der Waals surface area contributed by atoms with Crippen molar-refractivity contribution >= 4 is 11.6 Å². The lowest BCUT2D eigenvalue weighted by molar-refractivity contribution is 0.881. The molecule has 2 aromatic rings. The number of aryl methyl sites for hydroxylation is 1. The Morgan fingerprint density at radius 3 is 2.93 bits per heavy atom. The second kappa shape index (κ2) is 3.75. The average Bonchev–Trinajstić information content (AvgIpc) is 2.62. The molecule has 0 unspecified atom stereocenters. The summed E-state index contributed by atoms with van der Waals surface area (Å²) in [6.45, 7) is 2.00. The molecule has 72 valence electrons. The third kappa shape index (κ3) is 1.90. The maximum Gasteiger partial charge on any atom is 0.178 e. The molecule has 0 fully saturated rings. The van der Waals surface area contributed by atoms with Crippen LogP contribution in [0.1, 0.15) is 17.0 Å². The molecule has 0 saturated heterocycles. The van der Waals surface area contributed by atoms with Crippen LogP contribution in [0.4, 0.5) is 0 Å². The molecular weight excluding hydrogens is 200 g/mol. The highest BCUT2D eigenvalue weighted by atomic mass is 35.5. The molecule has 2 rings (SSSR count). The third-order valence-corrected chi connectivity index (χ3v) is 2.30. The molecule has 0 saturated carbocycles. The smallest absolute Gasteiger partial charge is 0.177 e. The van der Waals surface area contributed by atoms with Gasteiger partial charge >= 0.3 is 0 Å². The summed E-state index contributed by atoms with van der Waals surface area (Å²) in [5.41, 5.74) is 2.16. The van der Waals surface area contributed by atoms with Gasteiger partial charge in [-0.2, -0.15) is 5.21 Å². The van der Waals surface area contributed by atoms with Gasteiger partial charge in [-0.25, -0.2) is 0 Å². The minimum absolute atomic E-state index is 0.607. The first-order valence-corrected chi connectivity index (χ1v) is 4.61. The van der Waals surface area contributed by atoms with Crippen LogP contribution in [0.25, 0.3) is 0 Å². The van der Waals surface area contributed by atoms with Crippen LogP contribution in [0.5, 0.6) is 0 Å². The summed E-state index contributed by atoms with van der Waals surface area (Å²) >= 11 is 6.06. The van der Waals surface area contributed by atoms with Gasteiger partial charge in [-0.1, -0.05) is 28.9 Å². The lowest BCUT2D eigenvalue weighted by Crippen LogP contribution is -1.92. The quantitative estimate of drug-likeness (QED) is 0.818. The maximum absolute atomic E-state index is 6.06. The summed E-state index contributed by atoms with van der Waals surface area (Å²) in [5.74, 6) is 0.649. The van der Waals surface area contributed by atoms with Crippen molar-refractivity contribution in [3.63, 3.8) is 0 Å². The van der Waals surface area contributed by atoms with E-state index in [9.17, 15) is 0 Å². The van der Waals surface area contributed by atoms with Crippen molar-refractivity contribution in [2.75, 3.05) is 0 Å². The number of benzene rings is 1. The van der Waals surface area contributed by atoms with Crippen LogP contribution < -0.4 is 0 Å². The molecule has 14 heavy (non-hydrogen) atoms. The Kier molecular flexibility index (Phi) is 2.45. The number of hydrogen-bond acceptors (Lipinski definition) is 3. The second-order valence-corrected chi connectivity index (χ2v) is 3.51. The standard InChI is InChI=1S/C9H9ClN4/c1-6-2-3-7(8(10)4-6)5-9-11-13-14-12-9/h2-4H,5H2,1H3,(H,11,12,13,14). The number of nitrogens with one attached hydrogen (secondary N) is 1. The van der Waals surface area contributed by atoms with Gasteiger partial charge in [0, 0.05) is 11.4 Å². The Bertz CT molecular complexity index is 424. The van der Waals surface area contributed by atoms with E-state index in [1.54, 1.807) is 0 Å². The zero-order valence-electron chi connectivity index (χ0n) is 7.66. The molecule has 1 heterocycles. The Hall–Kier alpha value is -1.42. The summed E-state index contributed by atoms with van der Waals surface area (Å²) in [7, 11) is 0. The predicted molar refractivity (Wildman–Crippen MR) is 53.2 cm³/mol. The molecule has 0 aliphatic carbocycles. The maximum atomic E-state index is 6.06. The highest BCUT2D eigenvalue weighted by Crippen LogP contribution is 2.19. The van der Waals surface area contributed by atoms with Crippen LogP contribution in [0.15, 0.2) is 18.2 Å². The molecule has 0 aliphatic heterocycles. The van der Waals surface area contributed by atoms with E-state index in [-0.39, 0.29) is 0 Å². The molecule has 1 aromatic carbocycles. The van der Waals surface area contributed by atoms with Crippen LogP contribution in [-0.2, 0) is 6.42 Å². The van der Waals surface area contributed by atoms with E-state index in [0.29, 0.717) is 12.2 Å². The number of hydrogen-bond donors (Lipinski definition) is 1. The molecule has 1 N–H and O–H groups in total. The number of aromatic amines is 1. The van der Waals surface area contributed by atoms with Crippen molar-refractivity contribution in [3.05, 3.63) is 40.2 Å². The Balaban J connectivity index is 2.25. The van der Waals surface area contributed by atoms with E-state index in [0.717, 1.165) is 16.1 Å². The molecule has 0 bridgehead atoms. The van der Waals surface area contributed by atoms with E-state index in [1.807, 2.05) is 25.1 Å². The fraction of sp³-hybridized carbons (Fsp3) is 0.222. The monoisotopic (exact) mass is 208 g/mol. The molecule has 4 nitrogen and oxygen atoms in total. The molecule has 0 atom stereocenters. The van der Waals surface area contributed by atoms with Gasteiger partial charge < -0.3 is 0 Å². The summed E-state index contributed by atoms with van der Waals surface area (Å²) < 4.78 is 0. The zero-order valence-corrected chi connectivity index (χ0v) is 8.41. The van der Waals surface area contributed by atoms with Gasteiger partial charge in [0.15, 0.2) is 5.82 Å². The Morgan fingerprint density at radius 2 is 2.29 bits per heavy atom. The average molecular weight is 209 g/mol. The van der Waals surface area contributed by atoms with Crippen molar-refractivity contribution in [3.8, 4) is 0 Å². The zero-order chi connectivity index (χ0) is 9.97. The molecule has 0 aliphatic rings. The first kappa shape index (κ1) is 9.15. The Morgan fingerprint density at radius 1 is 1.43 bits per heavy atom. The van der Waals surface area contributed by atoms with Crippen LogP contribution in [0.3, 0.4) is 0 Å². The van der Waals surface area contributed by atoms with Crippen LogP contribution >= 0.6 is 11.6 Å². The SMILES string of the molecule is Cc1ccc(Cc2nn[nH]n2)c(Cl)c1. The van der Waals surface area contributed by atoms with Gasteiger partial charge in [0.25, 0.3) is 0 Å². The van der Waals surface area contributed by atoms with Gasteiger partial charge in [-0.15, -0.1) is 10.2 Å². The predicted octanol–water partition coefficient (Wildman–Crippen LogP) is 1.75. The van der Waals surface area contributed by atoms with Crippen molar-refractivity contribution in [1.29, 1.82) is 0 Å². The summed E-state index contributed by atoms with van der Waals surface area (Å²) in [6.07, 6.45) is 0.607. The van der Waals surface area contributed by atoms with Gasteiger partial charge in [0.05, 0.1) is 0 Å². The molecular formula is C9H9ClN4. The number of rotatable bonds is 2. The first-order valence-electron chi connectivity index (χ1n) is 4.23. The highest BCUT2D eigenvalue weighted by molar-refractivity contribution is 6.31. The van der Waals surface area contributed by atoms with E-state index in [4.69, 9.17) is 11.6 Å². The van der Waals surface area contributed by atoms with Gasteiger partial charge in [0.1, 0.15) is 0 Å². The number of tetrazole rings is 1. The van der Waals surface area contributed by atoms with Gasteiger partial charge in [-0.05, 0) is 24.1 Å². The Labute approximate surface area is 86.3 Å². The molecule has 0 radical (unpaired) electrons. The summed E-state index contributed by atoms with van der Waals surface area (Å²) in [6, 6.07) is 5.92. The molecule has 0 spiro atoms. The van der Waals surface area contributed by atoms with Crippen LogP contribution in [0.2, 0.25) is 5.02 Å². The molecule has 5 heteroatoms. The van der Waals surface area contributed by atoms with Gasteiger partial charge in [-0.3, -0.25) is 0 Å². The topological polar surface area (TPSA) is 54.5 Å². The number of halogens is 1. The lowest BCUT2D eigenvalue weighted by atomic mass is 10.1. The number of H-pyrrole nitrogens is 1. The van der Waals surface area contributed by atoms with Crippen molar-refractivity contribution < 1.29 is 0 Å². The molecule has 0 amide bonds. The largest absolute Gasteiger partial charge is 0.178 e. The van der Waals surface area contributed by atoms with Crippen LogP contribution in [0, 0.1) is 6.92 Å². The fourth-order valence-electron chi connectivity index (χ4n) is 1.22. The van der Waals surface area contributed by atoms with Gasteiger partial charge in [0.2, 0.25) is 0 Å². The van der Waals surface area contributed by atoms with Crippen molar-refractivity contribution in [2.45, 2.75) is 13.3 Å². The lowest BCUT2D eigenvalue weighted by Gasteiger charge is -2.01. The minimum Gasteiger partial charge on any atom is -0.177 e. The van der Waals surface area contributed by atoms with E-state index < -0.39 is 0 Å². The van der Waals surface area contributed by atoms with Crippen molar-refractivity contribution in [1.82, 2.24) is 20.6 Å². The summed E-state index contributed by atoms with van der Waals surface area (Å²) in [4.78, 5) is 0. The van der Waals surface area contributed by atoms with Crippen molar-refractivity contribution in [2.24, 2.45) is 0 Å². The van der Waals surface area contributed by atoms with Crippen LogP contribution in [-0.4, -0.2) is 20.6 Å². The number of nitrogens with zero attached hydrogens (tertiary/aromatic N) is 3. The van der Waals surface area contributed by atoms with E-state index >= 15 is 0 Å². The normalized spacial score (nSPS) is 10.4. The first-order chi connectivity index (χ1) is 6.75. The number of aromatic nitrogens is 4.